The van der Waals surface area contributed by atoms with Gasteiger partial charge >= 0.3 is 0 Å². The SMILES string of the molecule is CCOc1ccc(C(CN)N(C)CC2CCCCO2)cc1. The maximum absolute atomic E-state index is 5.99. The second-order valence-corrected chi connectivity index (χ2v) is 5.68. The van der Waals surface area contributed by atoms with Crippen LogP contribution in [-0.4, -0.2) is 44.4 Å². The molecule has 2 atom stereocenters. The summed E-state index contributed by atoms with van der Waals surface area (Å²) in [5.74, 6) is 0.912. The number of rotatable bonds is 7. The van der Waals surface area contributed by atoms with Crippen molar-refractivity contribution in [2.75, 3.05) is 33.4 Å². The molecule has 21 heavy (non-hydrogen) atoms. The number of hydrogen-bond donors (Lipinski definition) is 1. The standard InChI is InChI=1S/C17H28N2O2/c1-3-20-15-9-7-14(8-10-15)17(12-18)19(2)13-16-6-4-5-11-21-16/h7-10,16-17H,3-6,11-13,18H2,1-2H3. The summed E-state index contributed by atoms with van der Waals surface area (Å²) in [4.78, 5) is 2.31. The van der Waals surface area contributed by atoms with Crippen LogP contribution in [0.5, 0.6) is 5.75 Å². The van der Waals surface area contributed by atoms with E-state index in [-0.39, 0.29) is 6.04 Å². The Kier molecular flexibility index (Phi) is 6.49. The van der Waals surface area contributed by atoms with Gasteiger partial charge in [0.15, 0.2) is 0 Å². The third-order valence-electron chi connectivity index (χ3n) is 4.10. The van der Waals surface area contributed by atoms with Crippen LogP contribution in [0.2, 0.25) is 0 Å². The van der Waals surface area contributed by atoms with E-state index in [1.54, 1.807) is 0 Å². The molecule has 0 aliphatic carbocycles. The Morgan fingerprint density at radius 2 is 2.10 bits per heavy atom. The predicted octanol–water partition coefficient (Wildman–Crippen LogP) is 2.59. The van der Waals surface area contributed by atoms with Crippen molar-refractivity contribution in [1.29, 1.82) is 0 Å². The Labute approximate surface area is 128 Å². The van der Waals surface area contributed by atoms with Crippen molar-refractivity contribution in [2.45, 2.75) is 38.3 Å². The number of likely N-dealkylation sites (N-methyl/N-ethyl adjacent to an activating group) is 1. The van der Waals surface area contributed by atoms with E-state index in [9.17, 15) is 0 Å². The first kappa shape index (κ1) is 16.3. The van der Waals surface area contributed by atoms with Gasteiger partial charge in [-0.05, 0) is 50.9 Å². The molecule has 118 valence electrons. The van der Waals surface area contributed by atoms with E-state index in [4.69, 9.17) is 15.2 Å². The topological polar surface area (TPSA) is 47.7 Å². The molecule has 4 nitrogen and oxygen atoms in total. The normalized spacial score (nSPS) is 20.5. The zero-order chi connectivity index (χ0) is 15.1. The van der Waals surface area contributed by atoms with E-state index >= 15 is 0 Å². The summed E-state index contributed by atoms with van der Waals surface area (Å²) in [7, 11) is 2.13. The summed E-state index contributed by atoms with van der Waals surface area (Å²) in [5, 5.41) is 0. The Morgan fingerprint density at radius 3 is 2.67 bits per heavy atom. The van der Waals surface area contributed by atoms with Gasteiger partial charge in [0.1, 0.15) is 5.75 Å². The highest BCUT2D eigenvalue weighted by Gasteiger charge is 2.21. The molecule has 4 heteroatoms. The van der Waals surface area contributed by atoms with Crippen molar-refractivity contribution >= 4 is 0 Å². The van der Waals surface area contributed by atoms with E-state index < -0.39 is 0 Å². The van der Waals surface area contributed by atoms with Crippen LogP contribution in [-0.2, 0) is 4.74 Å². The first-order chi connectivity index (χ1) is 10.2. The van der Waals surface area contributed by atoms with Gasteiger partial charge in [0.2, 0.25) is 0 Å². The maximum Gasteiger partial charge on any atom is 0.119 e. The second-order valence-electron chi connectivity index (χ2n) is 5.68. The van der Waals surface area contributed by atoms with Crippen molar-refractivity contribution in [3.05, 3.63) is 29.8 Å². The molecule has 0 spiro atoms. The molecule has 1 aromatic rings. The zero-order valence-electron chi connectivity index (χ0n) is 13.3. The lowest BCUT2D eigenvalue weighted by atomic mass is 10.0. The predicted molar refractivity (Wildman–Crippen MR) is 85.6 cm³/mol. The van der Waals surface area contributed by atoms with Gasteiger partial charge in [-0.25, -0.2) is 0 Å². The molecule has 2 N–H and O–H groups in total. The van der Waals surface area contributed by atoms with E-state index in [2.05, 4.69) is 24.1 Å². The molecule has 2 unspecified atom stereocenters. The second kappa shape index (κ2) is 8.37. The van der Waals surface area contributed by atoms with Crippen molar-refractivity contribution in [1.82, 2.24) is 4.90 Å². The number of nitrogens with zero attached hydrogens (tertiary/aromatic N) is 1. The molecule has 0 amide bonds. The number of nitrogens with two attached hydrogens (primary N) is 1. The van der Waals surface area contributed by atoms with Gasteiger partial charge in [-0.15, -0.1) is 0 Å². The third-order valence-corrected chi connectivity index (χ3v) is 4.10. The Hall–Kier alpha value is -1.10. The zero-order valence-corrected chi connectivity index (χ0v) is 13.3. The summed E-state index contributed by atoms with van der Waals surface area (Å²) >= 11 is 0. The van der Waals surface area contributed by atoms with Crippen LogP contribution in [0.4, 0.5) is 0 Å². The number of hydrogen-bond acceptors (Lipinski definition) is 4. The molecular formula is C17H28N2O2. The molecule has 2 rings (SSSR count). The minimum atomic E-state index is 0.228. The largest absolute Gasteiger partial charge is 0.494 e. The van der Waals surface area contributed by atoms with Gasteiger partial charge in [0, 0.05) is 25.7 Å². The van der Waals surface area contributed by atoms with E-state index in [1.165, 1.54) is 18.4 Å². The molecule has 1 fully saturated rings. The highest BCUT2D eigenvalue weighted by atomic mass is 16.5. The van der Waals surface area contributed by atoms with Crippen LogP contribution < -0.4 is 10.5 Å². The van der Waals surface area contributed by atoms with Crippen molar-refractivity contribution < 1.29 is 9.47 Å². The fourth-order valence-electron chi connectivity index (χ4n) is 2.92. The van der Waals surface area contributed by atoms with Gasteiger partial charge in [-0.1, -0.05) is 12.1 Å². The van der Waals surface area contributed by atoms with Crippen molar-refractivity contribution in [3.63, 3.8) is 0 Å². The Balaban J connectivity index is 1.96. The molecule has 0 radical (unpaired) electrons. The van der Waals surface area contributed by atoms with Gasteiger partial charge in [0.25, 0.3) is 0 Å². The van der Waals surface area contributed by atoms with Crippen LogP contribution >= 0.6 is 0 Å². The number of ether oxygens (including phenoxy) is 2. The van der Waals surface area contributed by atoms with Gasteiger partial charge in [-0.2, -0.15) is 0 Å². The van der Waals surface area contributed by atoms with Crippen molar-refractivity contribution in [3.8, 4) is 5.75 Å². The lowest BCUT2D eigenvalue weighted by Crippen LogP contribution is -2.38. The highest BCUT2D eigenvalue weighted by molar-refractivity contribution is 5.29. The lowest BCUT2D eigenvalue weighted by Gasteiger charge is -2.32. The summed E-state index contributed by atoms with van der Waals surface area (Å²) in [6, 6.07) is 8.49. The molecule has 1 aromatic carbocycles. The molecular weight excluding hydrogens is 264 g/mol. The lowest BCUT2D eigenvalue weighted by molar-refractivity contribution is -0.00778. The van der Waals surface area contributed by atoms with E-state index in [0.717, 1.165) is 25.3 Å². The maximum atomic E-state index is 5.99. The average Bonchev–Trinajstić information content (AvgIpc) is 2.51. The third kappa shape index (κ3) is 4.70. The summed E-state index contributed by atoms with van der Waals surface area (Å²) in [6.45, 7) is 5.13. The molecule has 1 saturated heterocycles. The molecule has 1 aliphatic heterocycles. The first-order valence-electron chi connectivity index (χ1n) is 7.99. The van der Waals surface area contributed by atoms with E-state index in [1.807, 2.05) is 19.1 Å². The summed E-state index contributed by atoms with van der Waals surface area (Å²) in [6.07, 6.45) is 3.97. The van der Waals surface area contributed by atoms with Gasteiger partial charge < -0.3 is 15.2 Å². The summed E-state index contributed by atoms with van der Waals surface area (Å²) in [5.41, 5.74) is 7.23. The fraction of sp³-hybridized carbons (Fsp3) is 0.647. The van der Waals surface area contributed by atoms with Crippen LogP contribution in [0.15, 0.2) is 24.3 Å². The van der Waals surface area contributed by atoms with Crippen LogP contribution in [0.1, 0.15) is 37.8 Å². The molecule has 1 heterocycles. The van der Waals surface area contributed by atoms with Crippen LogP contribution in [0, 0.1) is 0 Å². The van der Waals surface area contributed by atoms with Crippen LogP contribution in [0.3, 0.4) is 0 Å². The minimum Gasteiger partial charge on any atom is -0.494 e. The monoisotopic (exact) mass is 292 g/mol. The van der Waals surface area contributed by atoms with Crippen molar-refractivity contribution in [2.24, 2.45) is 5.73 Å². The molecule has 1 aliphatic rings. The van der Waals surface area contributed by atoms with Crippen LogP contribution in [0.25, 0.3) is 0 Å². The minimum absolute atomic E-state index is 0.228. The molecule has 0 saturated carbocycles. The molecule has 0 bridgehead atoms. The summed E-state index contributed by atoms with van der Waals surface area (Å²) < 4.78 is 11.3. The first-order valence-corrected chi connectivity index (χ1v) is 7.99. The smallest absolute Gasteiger partial charge is 0.119 e. The van der Waals surface area contributed by atoms with Gasteiger partial charge in [-0.3, -0.25) is 4.90 Å². The number of benzene rings is 1. The average molecular weight is 292 g/mol. The molecule has 0 aromatic heterocycles. The quantitative estimate of drug-likeness (QED) is 0.839. The fourth-order valence-corrected chi connectivity index (χ4v) is 2.92. The van der Waals surface area contributed by atoms with E-state index in [0.29, 0.717) is 19.3 Å². The Morgan fingerprint density at radius 1 is 1.33 bits per heavy atom. The highest BCUT2D eigenvalue weighted by Crippen LogP contribution is 2.23. The Bertz CT molecular complexity index is 402. The van der Waals surface area contributed by atoms with Gasteiger partial charge in [0.05, 0.1) is 12.7 Å².